The number of fused-ring (bicyclic) bond motifs is 1. The van der Waals surface area contributed by atoms with Crippen LogP contribution in [0.15, 0.2) is 59.2 Å². The second kappa shape index (κ2) is 6.76. The summed E-state index contributed by atoms with van der Waals surface area (Å²) in [4.78, 5) is 24.7. The van der Waals surface area contributed by atoms with Crippen LogP contribution in [0.3, 0.4) is 0 Å². The molecule has 4 rings (SSSR count). The SMILES string of the molecule is COc1ccc(N2Cc3cn[c]nc3N(c3ccc(Br)cc3)C2=O)cc1. The molecule has 1 aromatic heterocycles. The van der Waals surface area contributed by atoms with Crippen LogP contribution in [-0.4, -0.2) is 23.1 Å². The van der Waals surface area contributed by atoms with E-state index in [1.807, 2.05) is 48.5 Å². The lowest BCUT2D eigenvalue weighted by Crippen LogP contribution is -2.45. The number of hydrogen-bond donors (Lipinski definition) is 0. The highest BCUT2D eigenvalue weighted by Gasteiger charge is 2.33. The first-order valence-corrected chi connectivity index (χ1v) is 8.70. The molecule has 0 unspecified atom stereocenters. The Morgan fingerprint density at radius 1 is 1.08 bits per heavy atom. The lowest BCUT2D eigenvalue weighted by Gasteiger charge is -2.35. The van der Waals surface area contributed by atoms with Crippen molar-refractivity contribution in [3.05, 3.63) is 71.1 Å². The number of aromatic nitrogens is 2. The first kappa shape index (κ1) is 16.5. The van der Waals surface area contributed by atoms with Crippen molar-refractivity contribution >= 4 is 39.2 Å². The molecule has 2 amide bonds. The Labute approximate surface area is 159 Å². The third-order valence-electron chi connectivity index (χ3n) is 4.15. The molecule has 1 radical (unpaired) electrons. The monoisotopic (exact) mass is 409 g/mol. The van der Waals surface area contributed by atoms with Crippen molar-refractivity contribution in [1.82, 2.24) is 9.97 Å². The molecule has 0 spiro atoms. The largest absolute Gasteiger partial charge is 0.497 e. The van der Waals surface area contributed by atoms with Crippen LogP contribution in [0.5, 0.6) is 5.75 Å². The molecule has 0 aliphatic carbocycles. The van der Waals surface area contributed by atoms with Gasteiger partial charge in [-0.25, -0.2) is 19.7 Å². The molecule has 0 saturated heterocycles. The van der Waals surface area contributed by atoms with Gasteiger partial charge in [-0.15, -0.1) is 0 Å². The van der Waals surface area contributed by atoms with Gasteiger partial charge in [0.25, 0.3) is 0 Å². The van der Waals surface area contributed by atoms with E-state index < -0.39 is 0 Å². The number of ether oxygens (including phenoxy) is 1. The Morgan fingerprint density at radius 2 is 1.77 bits per heavy atom. The highest BCUT2D eigenvalue weighted by Crippen LogP contribution is 2.35. The topological polar surface area (TPSA) is 58.6 Å². The molecule has 1 aliphatic heterocycles. The van der Waals surface area contributed by atoms with Gasteiger partial charge >= 0.3 is 6.03 Å². The van der Waals surface area contributed by atoms with Gasteiger partial charge in [0, 0.05) is 21.9 Å². The van der Waals surface area contributed by atoms with Gasteiger partial charge < -0.3 is 4.74 Å². The summed E-state index contributed by atoms with van der Waals surface area (Å²) in [5.74, 6) is 1.29. The minimum absolute atomic E-state index is 0.183. The Balaban J connectivity index is 1.79. The van der Waals surface area contributed by atoms with Gasteiger partial charge in [0.15, 0.2) is 12.1 Å². The normalized spacial score (nSPS) is 13.5. The molecule has 7 heteroatoms. The van der Waals surface area contributed by atoms with E-state index in [0.29, 0.717) is 12.4 Å². The van der Waals surface area contributed by atoms with Crippen molar-refractivity contribution in [3.63, 3.8) is 0 Å². The van der Waals surface area contributed by atoms with Gasteiger partial charge in [-0.1, -0.05) is 15.9 Å². The number of benzene rings is 2. The molecule has 0 N–H and O–H groups in total. The summed E-state index contributed by atoms with van der Waals surface area (Å²) in [6.07, 6.45) is 4.28. The van der Waals surface area contributed by atoms with Crippen LogP contribution in [-0.2, 0) is 6.54 Å². The molecule has 1 aliphatic rings. The summed E-state index contributed by atoms with van der Waals surface area (Å²) in [5, 5.41) is 0. The fraction of sp³-hybridized carbons (Fsp3) is 0.105. The zero-order valence-corrected chi connectivity index (χ0v) is 15.5. The second-order valence-electron chi connectivity index (χ2n) is 5.70. The molecule has 3 aromatic rings. The van der Waals surface area contributed by atoms with E-state index in [2.05, 4.69) is 32.2 Å². The third-order valence-corrected chi connectivity index (χ3v) is 4.68. The zero-order valence-electron chi connectivity index (χ0n) is 13.9. The van der Waals surface area contributed by atoms with Crippen LogP contribution < -0.4 is 14.5 Å². The van der Waals surface area contributed by atoms with Crippen molar-refractivity contribution in [2.75, 3.05) is 16.9 Å². The van der Waals surface area contributed by atoms with Crippen LogP contribution in [0.1, 0.15) is 5.56 Å². The number of urea groups is 1. The third kappa shape index (κ3) is 2.90. The molecule has 129 valence electrons. The van der Waals surface area contributed by atoms with E-state index in [0.717, 1.165) is 27.2 Å². The molecule has 0 saturated carbocycles. The van der Waals surface area contributed by atoms with E-state index in [4.69, 9.17) is 4.74 Å². The van der Waals surface area contributed by atoms with Gasteiger partial charge in [-0.05, 0) is 48.5 Å². The summed E-state index contributed by atoms with van der Waals surface area (Å²) in [5.41, 5.74) is 2.35. The van der Waals surface area contributed by atoms with Crippen LogP contribution >= 0.6 is 15.9 Å². The lowest BCUT2D eigenvalue weighted by atomic mass is 10.1. The van der Waals surface area contributed by atoms with E-state index in [-0.39, 0.29) is 6.03 Å². The molecular formula is C19H14BrN4O2. The summed E-state index contributed by atoms with van der Waals surface area (Å²) in [6, 6.07) is 14.7. The van der Waals surface area contributed by atoms with E-state index in [1.165, 1.54) is 0 Å². The fourth-order valence-corrected chi connectivity index (χ4v) is 3.12. The number of anilines is 3. The van der Waals surface area contributed by atoms with Crippen molar-refractivity contribution < 1.29 is 9.53 Å². The molecule has 2 aromatic carbocycles. The minimum Gasteiger partial charge on any atom is -0.497 e. The number of carbonyl (C=O) groups excluding carboxylic acids is 1. The van der Waals surface area contributed by atoms with Crippen molar-refractivity contribution in [2.45, 2.75) is 6.54 Å². The van der Waals surface area contributed by atoms with Crippen LogP contribution in [0.2, 0.25) is 0 Å². The average molecular weight is 410 g/mol. The standard InChI is InChI=1S/C19H14BrN4O2/c1-26-17-8-6-15(7-9-17)23-11-13-10-21-12-22-18(13)24(19(23)25)16-4-2-14(20)3-5-16/h2-10H,11H2,1H3. The number of hydrogen-bond acceptors (Lipinski definition) is 4. The number of rotatable bonds is 3. The van der Waals surface area contributed by atoms with Crippen molar-refractivity contribution in [1.29, 1.82) is 0 Å². The first-order valence-electron chi connectivity index (χ1n) is 7.90. The van der Waals surface area contributed by atoms with Gasteiger partial charge in [0.1, 0.15) is 5.75 Å². The maximum Gasteiger partial charge on any atom is 0.335 e. The molecular weight excluding hydrogens is 396 g/mol. The number of amides is 2. The summed E-state index contributed by atoms with van der Waals surface area (Å²) >= 11 is 3.42. The van der Waals surface area contributed by atoms with Crippen LogP contribution in [0.4, 0.5) is 22.0 Å². The second-order valence-corrected chi connectivity index (χ2v) is 6.61. The van der Waals surface area contributed by atoms with Gasteiger partial charge in [-0.2, -0.15) is 0 Å². The molecule has 0 bridgehead atoms. The zero-order chi connectivity index (χ0) is 18.1. The molecule has 6 nitrogen and oxygen atoms in total. The molecule has 2 heterocycles. The lowest BCUT2D eigenvalue weighted by molar-refractivity contribution is 0.252. The number of nitrogens with zero attached hydrogens (tertiary/aromatic N) is 4. The first-order chi connectivity index (χ1) is 12.7. The minimum atomic E-state index is -0.183. The van der Waals surface area contributed by atoms with E-state index in [1.54, 1.807) is 23.1 Å². The quantitative estimate of drug-likeness (QED) is 0.645. The summed E-state index contributed by atoms with van der Waals surface area (Å²) in [6.45, 7) is 0.391. The average Bonchev–Trinajstić information content (AvgIpc) is 2.69. The van der Waals surface area contributed by atoms with Gasteiger partial charge in [0.05, 0.1) is 19.3 Å². The van der Waals surface area contributed by atoms with Crippen molar-refractivity contribution in [2.24, 2.45) is 0 Å². The number of halogens is 1. The van der Waals surface area contributed by atoms with E-state index in [9.17, 15) is 4.79 Å². The molecule has 0 atom stereocenters. The molecule has 26 heavy (non-hydrogen) atoms. The maximum atomic E-state index is 13.3. The van der Waals surface area contributed by atoms with Crippen LogP contribution in [0.25, 0.3) is 0 Å². The smallest absolute Gasteiger partial charge is 0.335 e. The van der Waals surface area contributed by atoms with Crippen molar-refractivity contribution in [3.8, 4) is 5.75 Å². The fourth-order valence-electron chi connectivity index (χ4n) is 2.85. The van der Waals surface area contributed by atoms with Gasteiger partial charge in [-0.3, -0.25) is 4.90 Å². The predicted octanol–water partition coefficient (Wildman–Crippen LogP) is 4.33. The maximum absolute atomic E-state index is 13.3. The Morgan fingerprint density at radius 3 is 2.46 bits per heavy atom. The summed E-state index contributed by atoms with van der Waals surface area (Å²) < 4.78 is 6.14. The Kier molecular flexibility index (Phi) is 4.30. The Bertz CT molecular complexity index is 945. The number of methoxy groups -OCH3 is 1. The summed E-state index contributed by atoms with van der Waals surface area (Å²) in [7, 11) is 1.61. The number of carbonyl (C=O) groups is 1. The van der Waals surface area contributed by atoms with Crippen LogP contribution in [0, 0.1) is 6.33 Å². The van der Waals surface area contributed by atoms with E-state index >= 15 is 0 Å². The molecule has 0 fully saturated rings. The highest BCUT2D eigenvalue weighted by molar-refractivity contribution is 9.10. The van der Waals surface area contributed by atoms with Gasteiger partial charge in [0.2, 0.25) is 0 Å². The predicted molar refractivity (Wildman–Crippen MR) is 102 cm³/mol. The highest BCUT2D eigenvalue weighted by atomic mass is 79.9. The Hall–Kier alpha value is -2.93.